The summed E-state index contributed by atoms with van der Waals surface area (Å²) in [6.07, 6.45) is 0. The van der Waals surface area contributed by atoms with Crippen LogP contribution in [0.3, 0.4) is 0 Å². The molecule has 2 N–H and O–H groups in total. The van der Waals surface area contributed by atoms with E-state index in [1.165, 1.54) is 0 Å². The fourth-order valence-electron chi connectivity index (χ4n) is 1.69. The van der Waals surface area contributed by atoms with E-state index in [9.17, 15) is 0 Å². The van der Waals surface area contributed by atoms with E-state index in [2.05, 4.69) is 10.1 Å². The van der Waals surface area contributed by atoms with Crippen LogP contribution in [0.25, 0.3) is 0 Å². The molecular formula is C13H17N3O3. The number of para-hydroxylation sites is 1. The predicted molar refractivity (Wildman–Crippen MR) is 68.9 cm³/mol. The Kier molecular flexibility index (Phi) is 4.35. The molecular weight excluding hydrogens is 246 g/mol. The maximum absolute atomic E-state index is 5.71. The molecule has 0 saturated carbocycles. The second-order valence-electron chi connectivity index (χ2n) is 3.91. The summed E-state index contributed by atoms with van der Waals surface area (Å²) in [5.41, 5.74) is 6.58. The molecule has 0 spiro atoms. The van der Waals surface area contributed by atoms with Crippen LogP contribution in [0.15, 0.2) is 22.7 Å². The fraction of sp³-hybridized carbons (Fsp3) is 0.385. The maximum atomic E-state index is 5.71. The second-order valence-corrected chi connectivity index (χ2v) is 3.91. The van der Waals surface area contributed by atoms with Gasteiger partial charge in [-0.2, -0.15) is 4.98 Å². The highest BCUT2D eigenvalue weighted by molar-refractivity contribution is 5.46. The van der Waals surface area contributed by atoms with Crippen LogP contribution in [-0.2, 0) is 13.2 Å². The first-order chi connectivity index (χ1) is 9.24. The Morgan fingerprint density at radius 1 is 1.32 bits per heavy atom. The van der Waals surface area contributed by atoms with Gasteiger partial charge in [0.05, 0.1) is 6.61 Å². The van der Waals surface area contributed by atoms with E-state index in [0.717, 1.165) is 5.56 Å². The molecule has 2 aromatic rings. The Morgan fingerprint density at radius 2 is 2.16 bits per heavy atom. The molecule has 0 radical (unpaired) electrons. The normalized spacial score (nSPS) is 10.5. The number of aromatic nitrogens is 2. The van der Waals surface area contributed by atoms with E-state index in [1.54, 1.807) is 6.92 Å². The zero-order valence-electron chi connectivity index (χ0n) is 11.0. The minimum Gasteiger partial charge on any atom is -0.490 e. The number of benzene rings is 1. The summed E-state index contributed by atoms with van der Waals surface area (Å²) >= 11 is 0. The van der Waals surface area contributed by atoms with E-state index in [0.29, 0.717) is 36.4 Å². The van der Waals surface area contributed by atoms with Crippen LogP contribution in [0.5, 0.6) is 11.5 Å². The largest absolute Gasteiger partial charge is 0.490 e. The molecule has 6 heteroatoms. The van der Waals surface area contributed by atoms with Gasteiger partial charge >= 0.3 is 0 Å². The number of nitrogens with zero attached hydrogens (tertiary/aromatic N) is 2. The lowest BCUT2D eigenvalue weighted by Crippen LogP contribution is -2.05. The number of hydrogen-bond acceptors (Lipinski definition) is 6. The molecule has 0 atom stereocenters. The first-order valence-electron chi connectivity index (χ1n) is 6.11. The van der Waals surface area contributed by atoms with E-state index in [-0.39, 0.29) is 6.61 Å². The standard InChI is InChI=1S/C13H17N3O3/c1-3-17-11-6-4-5-10(7-14)13(11)18-8-12-15-9(2)16-19-12/h4-6H,3,7-8,14H2,1-2H3. The van der Waals surface area contributed by atoms with Gasteiger partial charge in [0.15, 0.2) is 23.9 Å². The van der Waals surface area contributed by atoms with Gasteiger partial charge in [0.25, 0.3) is 5.89 Å². The third-order valence-corrected chi connectivity index (χ3v) is 2.49. The molecule has 19 heavy (non-hydrogen) atoms. The van der Waals surface area contributed by atoms with Crippen LogP contribution < -0.4 is 15.2 Å². The van der Waals surface area contributed by atoms with Gasteiger partial charge in [-0.05, 0) is 19.9 Å². The van der Waals surface area contributed by atoms with Gasteiger partial charge in [-0.3, -0.25) is 0 Å². The number of rotatable bonds is 6. The van der Waals surface area contributed by atoms with Crippen LogP contribution in [0, 0.1) is 6.92 Å². The Hall–Kier alpha value is -2.08. The van der Waals surface area contributed by atoms with Gasteiger partial charge in [0, 0.05) is 12.1 Å². The van der Waals surface area contributed by atoms with Crippen molar-refractivity contribution in [1.82, 2.24) is 10.1 Å². The van der Waals surface area contributed by atoms with Crippen molar-refractivity contribution in [3.05, 3.63) is 35.5 Å². The summed E-state index contributed by atoms with van der Waals surface area (Å²) < 4.78 is 16.2. The number of nitrogens with two attached hydrogens (primary N) is 1. The second kappa shape index (κ2) is 6.19. The lowest BCUT2D eigenvalue weighted by atomic mass is 10.2. The van der Waals surface area contributed by atoms with Gasteiger partial charge in [0.2, 0.25) is 0 Å². The van der Waals surface area contributed by atoms with Crippen LogP contribution in [0.4, 0.5) is 0 Å². The van der Waals surface area contributed by atoms with Crippen molar-refractivity contribution in [2.45, 2.75) is 27.0 Å². The highest BCUT2D eigenvalue weighted by atomic mass is 16.5. The monoisotopic (exact) mass is 263 g/mol. The molecule has 1 heterocycles. The molecule has 0 aliphatic rings. The summed E-state index contributed by atoms with van der Waals surface area (Å²) in [6.45, 7) is 4.80. The molecule has 0 fully saturated rings. The van der Waals surface area contributed by atoms with E-state index in [1.807, 2.05) is 25.1 Å². The van der Waals surface area contributed by atoms with Crippen molar-refractivity contribution in [1.29, 1.82) is 0 Å². The molecule has 0 bridgehead atoms. The van der Waals surface area contributed by atoms with E-state index < -0.39 is 0 Å². The molecule has 2 rings (SSSR count). The van der Waals surface area contributed by atoms with Crippen molar-refractivity contribution in [2.75, 3.05) is 6.61 Å². The average molecular weight is 263 g/mol. The lowest BCUT2D eigenvalue weighted by Gasteiger charge is -2.13. The van der Waals surface area contributed by atoms with Crippen molar-refractivity contribution in [3.63, 3.8) is 0 Å². The van der Waals surface area contributed by atoms with Gasteiger partial charge in [-0.15, -0.1) is 0 Å². The van der Waals surface area contributed by atoms with Crippen molar-refractivity contribution >= 4 is 0 Å². The highest BCUT2D eigenvalue weighted by Gasteiger charge is 2.12. The number of ether oxygens (including phenoxy) is 2. The van der Waals surface area contributed by atoms with Crippen molar-refractivity contribution < 1.29 is 14.0 Å². The molecule has 0 saturated heterocycles. The Labute approximate surface area is 111 Å². The fourth-order valence-corrected chi connectivity index (χ4v) is 1.69. The predicted octanol–water partition coefficient (Wildman–Crippen LogP) is 1.81. The summed E-state index contributed by atoms with van der Waals surface area (Å²) in [7, 11) is 0. The third kappa shape index (κ3) is 3.23. The minimum absolute atomic E-state index is 0.192. The van der Waals surface area contributed by atoms with Crippen molar-refractivity contribution in [3.8, 4) is 11.5 Å². The van der Waals surface area contributed by atoms with Crippen LogP contribution in [-0.4, -0.2) is 16.7 Å². The van der Waals surface area contributed by atoms with Gasteiger partial charge in [0.1, 0.15) is 0 Å². The van der Waals surface area contributed by atoms with Gasteiger partial charge < -0.3 is 19.7 Å². The Bertz CT molecular complexity index is 540. The van der Waals surface area contributed by atoms with Crippen LogP contribution >= 0.6 is 0 Å². The zero-order valence-corrected chi connectivity index (χ0v) is 11.0. The summed E-state index contributed by atoms with van der Waals surface area (Å²) in [5, 5.41) is 3.71. The molecule has 0 aliphatic heterocycles. The van der Waals surface area contributed by atoms with Gasteiger partial charge in [-0.25, -0.2) is 0 Å². The smallest absolute Gasteiger partial charge is 0.264 e. The maximum Gasteiger partial charge on any atom is 0.264 e. The molecule has 6 nitrogen and oxygen atoms in total. The molecule has 102 valence electrons. The molecule has 1 aromatic carbocycles. The molecule has 1 aromatic heterocycles. The summed E-state index contributed by atoms with van der Waals surface area (Å²) in [6, 6.07) is 5.63. The molecule has 0 unspecified atom stereocenters. The van der Waals surface area contributed by atoms with Crippen LogP contribution in [0.1, 0.15) is 24.2 Å². The molecule has 0 amide bonds. The minimum atomic E-state index is 0.192. The summed E-state index contributed by atoms with van der Waals surface area (Å²) in [4.78, 5) is 4.08. The SMILES string of the molecule is CCOc1cccc(CN)c1OCc1nc(C)no1. The number of aryl methyl sites for hydroxylation is 1. The first-order valence-corrected chi connectivity index (χ1v) is 6.11. The Balaban J connectivity index is 2.17. The van der Waals surface area contributed by atoms with Crippen molar-refractivity contribution in [2.24, 2.45) is 5.73 Å². The lowest BCUT2D eigenvalue weighted by molar-refractivity contribution is 0.226. The first kappa shape index (κ1) is 13.4. The summed E-state index contributed by atoms with van der Waals surface area (Å²) in [5.74, 6) is 2.30. The zero-order chi connectivity index (χ0) is 13.7. The van der Waals surface area contributed by atoms with Crippen LogP contribution in [0.2, 0.25) is 0 Å². The molecule has 0 aliphatic carbocycles. The average Bonchev–Trinajstić information content (AvgIpc) is 2.83. The topological polar surface area (TPSA) is 83.4 Å². The van der Waals surface area contributed by atoms with E-state index in [4.69, 9.17) is 19.7 Å². The quantitative estimate of drug-likeness (QED) is 0.855. The third-order valence-electron chi connectivity index (χ3n) is 2.49. The van der Waals surface area contributed by atoms with Gasteiger partial charge in [-0.1, -0.05) is 17.3 Å². The number of hydrogen-bond donors (Lipinski definition) is 1. The van der Waals surface area contributed by atoms with E-state index >= 15 is 0 Å². The highest BCUT2D eigenvalue weighted by Crippen LogP contribution is 2.31. The Morgan fingerprint density at radius 3 is 2.79 bits per heavy atom.